The smallest absolute Gasteiger partial charge is 0.253 e. The van der Waals surface area contributed by atoms with Gasteiger partial charge in [-0.2, -0.15) is 5.10 Å². The molecule has 33 heavy (non-hydrogen) atoms. The number of rotatable bonds is 5. The van der Waals surface area contributed by atoms with Crippen molar-refractivity contribution in [2.45, 2.75) is 30.5 Å². The number of aromatic nitrogens is 2. The average molecular weight is 491 g/mol. The molecule has 0 saturated heterocycles. The Balaban J connectivity index is 1.28. The van der Waals surface area contributed by atoms with Crippen molar-refractivity contribution in [1.29, 1.82) is 0 Å². The largest absolute Gasteiger partial charge is 0.333 e. The molecule has 0 spiro atoms. The SMILES string of the molecule is O=C(CSc1nc2ccccc2[nH]1)N1N=C2C(=Cc3cccs3)CCCC2C1c1cccs1. The summed E-state index contributed by atoms with van der Waals surface area (Å²) in [4.78, 5) is 23.8. The van der Waals surface area contributed by atoms with Gasteiger partial charge in [0.05, 0.1) is 28.5 Å². The van der Waals surface area contributed by atoms with Crippen LogP contribution in [0, 0.1) is 5.92 Å². The number of aromatic amines is 1. The number of para-hydroxylation sites is 2. The van der Waals surface area contributed by atoms with E-state index in [2.05, 4.69) is 51.1 Å². The third-order valence-electron chi connectivity index (χ3n) is 6.15. The summed E-state index contributed by atoms with van der Waals surface area (Å²) in [5.74, 6) is 0.579. The van der Waals surface area contributed by atoms with Gasteiger partial charge >= 0.3 is 0 Å². The van der Waals surface area contributed by atoms with E-state index in [0.717, 1.165) is 41.2 Å². The second kappa shape index (κ2) is 8.93. The third-order valence-corrected chi connectivity index (χ3v) is 8.77. The number of nitrogens with zero attached hydrogens (tertiary/aromatic N) is 3. The number of amides is 1. The molecule has 166 valence electrons. The Bertz CT molecular complexity index is 1300. The van der Waals surface area contributed by atoms with Gasteiger partial charge in [0, 0.05) is 15.7 Å². The van der Waals surface area contributed by atoms with E-state index in [-0.39, 0.29) is 17.9 Å². The van der Waals surface area contributed by atoms with Crippen LogP contribution in [0.3, 0.4) is 0 Å². The Labute approximate surface area is 204 Å². The van der Waals surface area contributed by atoms with Crippen LogP contribution in [-0.2, 0) is 4.79 Å². The van der Waals surface area contributed by atoms with Gasteiger partial charge in [-0.1, -0.05) is 36.0 Å². The first kappa shape index (κ1) is 20.9. The maximum absolute atomic E-state index is 13.5. The third kappa shape index (κ3) is 4.07. The molecule has 1 aliphatic carbocycles. The fourth-order valence-electron chi connectivity index (χ4n) is 4.68. The lowest BCUT2D eigenvalue weighted by atomic mass is 9.79. The number of thiophene rings is 2. The van der Waals surface area contributed by atoms with Gasteiger partial charge in [0.25, 0.3) is 5.91 Å². The first-order valence-electron chi connectivity index (χ1n) is 11.0. The number of carbonyl (C=O) groups excluding carboxylic acids is 1. The summed E-state index contributed by atoms with van der Waals surface area (Å²) in [6.45, 7) is 0. The fourth-order valence-corrected chi connectivity index (χ4v) is 6.98. The summed E-state index contributed by atoms with van der Waals surface area (Å²) < 4.78 is 0. The number of H-pyrrole nitrogens is 1. The molecule has 1 fully saturated rings. The second-order valence-electron chi connectivity index (χ2n) is 8.22. The number of hydrogen-bond acceptors (Lipinski definition) is 6. The van der Waals surface area contributed by atoms with Gasteiger partial charge in [0.1, 0.15) is 0 Å². The van der Waals surface area contributed by atoms with E-state index in [1.165, 1.54) is 27.1 Å². The zero-order valence-corrected chi connectivity index (χ0v) is 20.3. The summed E-state index contributed by atoms with van der Waals surface area (Å²) in [6.07, 6.45) is 5.46. The van der Waals surface area contributed by atoms with E-state index in [4.69, 9.17) is 5.10 Å². The van der Waals surface area contributed by atoms with Crippen molar-refractivity contribution in [3.05, 3.63) is 74.6 Å². The zero-order valence-electron chi connectivity index (χ0n) is 17.8. The summed E-state index contributed by atoms with van der Waals surface area (Å²) in [7, 11) is 0. The number of hydrazone groups is 1. The number of nitrogens with one attached hydrogen (secondary N) is 1. The monoisotopic (exact) mass is 490 g/mol. The molecule has 1 saturated carbocycles. The van der Waals surface area contributed by atoms with Crippen LogP contribution in [0.4, 0.5) is 0 Å². The lowest BCUT2D eigenvalue weighted by Gasteiger charge is -2.28. The molecule has 0 radical (unpaired) electrons. The predicted molar refractivity (Wildman–Crippen MR) is 138 cm³/mol. The van der Waals surface area contributed by atoms with E-state index in [1.54, 1.807) is 27.7 Å². The van der Waals surface area contributed by atoms with E-state index in [1.807, 2.05) is 24.3 Å². The highest BCUT2D eigenvalue weighted by atomic mass is 32.2. The zero-order chi connectivity index (χ0) is 22.2. The van der Waals surface area contributed by atoms with E-state index < -0.39 is 0 Å². The van der Waals surface area contributed by atoms with Crippen LogP contribution in [0.25, 0.3) is 17.1 Å². The molecular weight excluding hydrogens is 469 g/mol. The maximum Gasteiger partial charge on any atom is 0.253 e. The van der Waals surface area contributed by atoms with Crippen molar-refractivity contribution < 1.29 is 4.79 Å². The minimum Gasteiger partial charge on any atom is -0.333 e. The first-order valence-corrected chi connectivity index (χ1v) is 13.8. The van der Waals surface area contributed by atoms with Gasteiger partial charge < -0.3 is 4.98 Å². The van der Waals surface area contributed by atoms with Crippen LogP contribution in [0.5, 0.6) is 0 Å². The lowest BCUT2D eigenvalue weighted by molar-refractivity contribution is -0.130. The summed E-state index contributed by atoms with van der Waals surface area (Å²) >= 11 is 4.89. The average Bonchev–Trinajstić information content (AvgIpc) is 3.63. The number of hydrogen-bond donors (Lipinski definition) is 1. The van der Waals surface area contributed by atoms with Crippen LogP contribution in [0.15, 0.2) is 75.1 Å². The Morgan fingerprint density at radius 3 is 2.85 bits per heavy atom. The predicted octanol–water partition coefficient (Wildman–Crippen LogP) is 6.60. The van der Waals surface area contributed by atoms with Crippen molar-refractivity contribution in [1.82, 2.24) is 15.0 Å². The van der Waals surface area contributed by atoms with Crippen molar-refractivity contribution in [2.24, 2.45) is 11.0 Å². The Hall–Kier alpha value is -2.68. The first-order chi connectivity index (χ1) is 16.3. The van der Waals surface area contributed by atoms with Crippen molar-refractivity contribution in [3.8, 4) is 0 Å². The Morgan fingerprint density at radius 1 is 1.15 bits per heavy atom. The number of carbonyl (C=O) groups is 1. The number of thioether (sulfide) groups is 1. The van der Waals surface area contributed by atoms with Gasteiger partial charge in [0.15, 0.2) is 5.16 Å². The summed E-state index contributed by atoms with van der Waals surface area (Å²) in [6, 6.07) is 16.3. The van der Waals surface area contributed by atoms with Gasteiger partial charge in [-0.25, -0.2) is 9.99 Å². The molecule has 2 atom stereocenters. The molecule has 1 aromatic carbocycles. The normalized spacial score (nSPS) is 21.5. The maximum atomic E-state index is 13.5. The standard InChI is InChI=1S/C25H22N4OS3/c30-22(15-33-25-26-19-9-1-2-10-20(19)27-25)29-24(21-11-5-13-32-21)18-8-3-6-16(23(18)28-29)14-17-7-4-12-31-17/h1-2,4-5,7,9-14,18,24H,3,6,8,15H2,(H,26,27). The molecule has 1 N–H and O–H groups in total. The van der Waals surface area contributed by atoms with Gasteiger partial charge in [-0.05, 0) is 65.9 Å². The molecule has 1 aliphatic heterocycles. The number of benzene rings is 1. The van der Waals surface area contributed by atoms with E-state index in [0.29, 0.717) is 5.75 Å². The highest BCUT2D eigenvalue weighted by Crippen LogP contribution is 2.46. The summed E-state index contributed by atoms with van der Waals surface area (Å²) in [5, 5.41) is 11.7. The molecule has 4 heterocycles. The molecule has 5 nitrogen and oxygen atoms in total. The van der Waals surface area contributed by atoms with Gasteiger partial charge in [-0.15, -0.1) is 22.7 Å². The minimum atomic E-state index is -0.0178. The highest BCUT2D eigenvalue weighted by Gasteiger charge is 2.44. The molecule has 1 amide bonds. The van der Waals surface area contributed by atoms with Crippen LogP contribution in [-0.4, -0.2) is 32.3 Å². The quantitative estimate of drug-likeness (QED) is 0.321. The second-order valence-corrected chi connectivity index (χ2v) is 11.1. The van der Waals surface area contributed by atoms with Crippen LogP contribution in [0.1, 0.15) is 35.1 Å². The van der Waals surface area contributed by atoms with Gasteiger partial charge in [0.2, 0.25) is 0 Å². The van der Waals surface area contributed by atoms with E-state index >= 15 is 0 Å². The Kier molecular flexibility index (Phi) is 5.65. The molecular formula is C25H22N4OS3. The van der Waals surface area contributed by atoms with Crippen LogP contribution < -0.4 is 0 Å². The van der Waals surface area contributed by atoms with Gasteiger partial charge in [-0.3, -0.25) is 4.79 Å². The molecule has 8 heteroatoms. The topological polar surface area (TPSA) is 61.4 Å². The van der Waals surface area contributed by atoms with Crippen molar-refractivity contribution in [3.63, 3.8) is 0 Å². The van der Waals surface area contributed by atoms with E-state index in [9.17, 15) is 4.79 Å². The molecule has 6 rings (SSSR count). The molecule has 4 aromatic rings. The van der Waals surface area contributed by atoms with Crippen molar-refractivity contribution in [2.75, 3.05) is 5.75 Å². The number of imidazole rings is 1. The number of fused-ring (bicyclic) bond motifs is 2. The minimum absolute atomic E-state index is 0.0178. The highest BCUT2D eigenvalue weighted by molar-refractivity contribution is 7.99. The fraction of sp³-hybridized carbons (Fsp3) is 0.240. The van der Waals surface area contributed by atoms with Crippen LogP contribution >= 0.6 is 34.4 Å². The Morgan fingerprint density at radius 2 is 2.03 bits per heavy atom. The molecule has 2 aliphatic rings. The summed E-state index contributed by atoms with van der Waals surface area (Å²) in [5.41, 5.74) is 4.27. The van der Waals surface area contributed by atoms with Crippen LogP contribution in [0.2, 0.25) is 0 Å². The lowest BCUT2D eigenvalue weighted by Crippen LogP contribution is -2.32. The van der Waals surface area contributed by atoms with Crippen molar-refractivity contribution >= 4 is 63.2 Å². The molecule has 3 aromatic heterocycles. The number of allylic oxidation sites excluding steroid dienone is 1. The molecule has 2 unspecified atom stereocenters. The molecule has 0 bridgehead atoms.